The molecule has 3 aromatic rings. The molecule has 0 saturated carbocycles. The van der Waals surface area contributed by atoms with Crippen LogP contribution in [0.1, 0.15) is 18.9 Å². The topological polar surface area (TPSA) is 65.2 Å². The van der Waals surface area contributed by atoms with Crippen molar-refractivity contribution in [3.05, 3.63) is 64.3 Å². The number of rotatable bonds is 7. The Bertz CT molecular complexity index is 980. The van der Waals surface area contributed by atoms with Crippen molar-refractivity contribution in [1.29, 1.82) is 0 Å². The van der Waals surface area contributed by atoms with Crippen molar-refractivity contribution >= 4 is 51.6 Å². The minimum Gasteiger partial charge on any atom is -0.361 e. The molecule has 0 fully saturated rings. The van der Waals surface area contributed by atoms with E-state index in [1.807, 2.05) is 37.4 Å². The molecule has 2 aromatic carbocycles. The number of para-hydroxylation sites is 2. The lowest BCUT2D eigenvalue weighted by Gasteiger charge is -2.20. The summed E-state index contributed by atoms with van der Waals surface area (Å²) in [4.78, 5) is 29.7. The van der Waals surface area contributed by atoms with Crippen LogP contribution in [0.5, 0.6) is 0 Å². The molecule has 146 valence electrons. The van der Waals surface area contributed by atoms with Crippen molar-refractivity contribution in [3.63, 3.8) is 0 Å². The summed E-state index contributed by atoms with van der Waals surface area (Å²) < 4.78 is 0. The van der Waals surface area contributed by atoms with E-state index in [0.717, 1.165) is 16.5 Å². The van der Waals surface area contributed by atoms with Gasteiger partial charge in [-0.15, -0.1) is 0 Å². The van der Waals surface area contributed by atoms with E-state index in [1.165, 1.54) is 4.90 Å². The second kappa shape index (κ2) is 9.13. The van der Waals surface area contributed by atoms with Crippen LogP contribution in [0.25, 0.3) is 10.9 Å². The summed E-state index contributed by atoms with van der Waals surface area (Å²) in [5.41, 5.74) is 2.50. The van der Waals surface area contributed by atoms with Crippen LogP contribution in [0.2, 0.25) is 10.0 Å². The van der Waals surface area contributed by atoms with E-state index < -0.39 is 0 Å². The first-order valence-corrected chi connectivity index (χ1v) is 9.81. The predicted molar refractivity (Wildman–Crippen MR) is 114 cm³/mol. The molecule has 7 heteroatoms. The fourth-order valence-corrected chi connectivity index (χ4v) is 3.58. The number of amides is 2. The van der Waals surface area contributed by atoms with Gasteiger partial charge in [0.25, 0.3) is 0 Å². The Hall–Kier alpha value is -2.50. The monoisotopic (exact) mass is 417 g/mol. The summed E-state index contributed by atoms with van der Waals surface area (Å²) >= 11 is 12.2. The van der Waals surface area contributed by atoms with E-state index in [4.69, 9.17) is 23.2 Å². The van der Waals surface area contributed by atoms with Crippen molar-refractivity contribution < 1.29 is 9.59 Å². The summed E-state index contributed by atoms with van der Waals surface area (Å²) in [5, 5.41) is 4.52. The highest BCUT2D eigenvalue weighted by molar-refractivity contribution is 6.39. The molecule has 0 spiro atoms. The van der Waals surface area contributed by atoms with Gasteiger partial charge in [0, 0.05) is 30.1 Å². The number of halogens is 2. The molecular formula is C21H21Cl2N3O2. The van der Waals surface area contributed by atoms with Crippen LogP contribution in [-0.4, -0.2) is 34.8 Å². The zero-order valence-electron chi connectivity index (χ0n) is 15.5. The fourth-order valence-electron chi connectivity index (χ4n) is 3.08. The zero-order chi connectivity index (χ0) is 20.1. The van der Waals surface area contributed by atoms with Gasteiger partial charge in [-0.3, -0.25) is 9.59 Å². The number of aromatic nitrogens is 1. The first-order chi connectivity index (χ1) is 13.5. The molecule has 2 N–H and O–H groups in total. The number of likely N-dealkylation sites (N-methyl/N-ethyl adjacent to an activating group) is 1. The summed E-state index contributed by atoms with van der Waals surface area (Å²) in [7, 11) is 0. The maximum absolute atomic E-state index is 12.6. The van der Waals surface area contributed by atoms with Gasteiger partial charge in [0.05, 0.1) is 22.3 Å². The first kappa shape index (κ1) is 20.2. The Balaban J connectivity index is 1.59. The number of nitrogens with one attached hydrogen (secondary N) is 2. The van der Waals surface area contributed by atoms with Gasteiger partial charge in [0.1, 0.15) is 0 Å². The van der Waals surface area contributed by atoms with Gasteiger partial charge in [0.2, 0.25) is 11.8 Å². The predicted octanol–water partition coefficient (Wildman–Crippen LogP) is 4.89. The standard InChI is InChI=1S/C21H21Cl2N3O2/c1-2-26(13-19(27)25-21-16(22)7-5-8-17(21)23)20(28)11-10-14-12-24-18-9-4-3-6-15(14)18/h3-9,12,24H,2,10-11,13H2,1H3,(H,25,27). The molecule has 0 aliphatic carbocycles. The van der Waals surface area contributed by atoms with Gasteiger partial charge >= 0.3 is 0 Å². The third kappa shape index (κ3) is 4.66. The van der Waals surface area contributed by atoms with Gasteiger partial charge in [-0.25, -0.2) is 0 Å². The molecule has 1 aromatic heterocycles. The molecule has 1 heterocycles. The molecule has 0 aliphatic rings. The number of aryl methyl sites for hydroxylation is 1. The Labute approximate surface area is 173 Å². The molecule has 5 nitrogen and oxygen atoms in total. The fraction of sp³-hybridized carbons (Fsp3) is 0.238. The van der Waals surface area contributed by atoms with E-state index in [1.54, 1.807) is 18.2 Å². The molecule has 28 heavy (non-hydrogen) atoms. The lowest BCUT2D eigenvalue weighted by Crippen LogP contribution is -2.38. The Morgan fingerprint density at radius 2 is 1.79 bits per heavy atom. The van der Waals surface area contributed by atoms with Gasteiger partial charge in [-0.05, 0) is 37.1 Å². The second-order valence-electron chi connectivity index (χ2n) is 6.41. The van der Waals surface area contributed by atoms with Gasteiger partial charge in [0.15, 0.2) is 0 Å². The van der Waals surface area contributed by atoms with Crippen LogP contribution >= 0.6 is 23.2 Å². The summed E-state index contributed by atoms with van der Waals surface area (Å²) in [6.07, 6.45) is 2.87. The number of nitrogens with zero attached hydrogens (tertiary/aromatic N) is 1. The van der Waals surface area contributed by atoms with Crippen molar-refractivity contribution in [1.82, 2.24) is 9.88 Å². The Morgan fingerprint density at radius 1 is 1.07 bits per heavy atom. The molecule has 2 amide bonds. The maximum atomic E-state index is 12.6. The van der Waals surface area contributed by atoms with Gasteiger partial charge < -0.3 is 15.2 Å². The molecular weight excluding hydrogens is 397 g/mol. The summed E-state index contributed by atoms with van der Waals surface area (Å²) in [6, 6.07) is 13.0. The minimum atomic E-state index is -0.336. The first-order valence-electron chi connectivity index (χ1n) is 9.06. The van der Waals surface area contributed by atoms with E-state index in [-0.39, 0.29) is 18.4 Å². The quantitative estimate of drug-likeness (QED) is 0.574. The number of hydrogen-bond donors (Lipinski definition) is 2. The smallest absolute Gasteiger partial charge is 0.244 e. The Morgan fingerprint density at radius 3 is 2.50 bits per heavy atom. The third-order valence-corrected chi connectivity index (χ3v) is 5.21. The maximum Gasteiger partial charge on any atom is 0.244 e. The average Bonchev–Trinajstić information content (AvgIpc) is 3.10. The highest BCUT2D eigenvalue weighted by atomic mass is 35.5. The molecule has 0 saturated heterocycles. The lowest BCUT2D eigenvalue weighted by atomic mass is 10.1. The number of aromatic amines is 1. The number of carbonyl (C=O) groups excluding carboxylic acids is 2. The highest BCUT2D eigenvalue weighted by Crippen LogP contribution is 2.29. The molecule has 0 unspecified atom stereocenters. The Kier molecular flexibility index (Phi) is 6.60. The van der Waals surface area contributed by atoms with Crippen LogP contribution in [0.3, 0.4) is 0 Å². The third-order valence-electron chi connectivity index (χ3n) is 4.58. The summed E-state index contributed by atoms with van der Waals surface area (Å²) in [5.74, 6) is -0.412. The highest BCUT2D eigenvalue weighted by Gasteiger charge is 2.18. The van der Waals surface area contributed by atoms with E-state index in [2.05, 4.69) is 10.3 Å². The van der Waals surface area contributed by atoms with Crippen LogP contribution in [-0.2, 0) is 16.0 Å². The lowest BCUT2D eigenvalue weighted by molar-refractivity contribution is -0.134. The SMILES string of the molecule is CCN(CC(=O)Nc1c(Cl)cccc1Cl)C(=O)CCc1c[nH]c2ccccc12. The van der Waals surface area contributed by atoms with Crippen LogP contribution in [0.4, 0.5) is 5.69 Å². The van der Waals surface area contributed by atoms with E-state index in [0.29, 0.717) is 35.1 Å². The normalized spacial score (nSPS) is 10.8. The van der Waals surface area contributed by atoms with Crippen LogP contribution < -0.4 is 5.32 Å². The largest absolute Gasteiger partial charge is 0.361 e. The van der Waals surface area contributed by atoms with E-state index >= 15 is 0 Å². The number of anilines is 1. The number of hydrogen-bond acceptors (Lipinski definition) is 2. The van der Waals surface area contributed by atoms with Crippen molar-refractivity contribution in [2.45, 2.75) is 19.8 Å². The molecule has 3 rings (SSSR count). The van der Waals surface area contributed by atoms with E-state index in [9.17, 15) is 9.59 Å². The van der Waals surface area contributed by atoms with Crippen molar-refractivity contribution in [3.8, 4) is 0 Å². The number of carbonyl (C=O) groups is 2. The van der Waals surface area contributed by atoms with Gasteiger partial charge in [-0.1, -0.05) is 47.5 Å². The number of fused-ring (bicyclic) bond motifs is 1. The van der Waals surface area contributed by atoms with Gasteiger partial charge in [-0.2, -0.15) is 0 Å². The molecule has 0 aliphatic heterocycles. The van der Waals surface area contributed by atoms with Crippen molar-refractivity contribution in [2.24, 2.45) is 0 Å². The summed E-state index contributed by atoms with van der Waals surface area (Å²) in [6.45, 7) is 2.24. The second-order valence-corrected chi connectivity index (χ2v) is 7.23. The number of H-pyrrole nitrogens is 1. The van der Waals surface area contributed by atoms with Crippen LogP contribution in [0, 0.1) is 0 Å². The molecule has 0 bridgehead atoms. The zero-order valence-corrected chi connectivity index (χ0v) is 17.0. The molecule has 0 radical (unpaired) electrons. The van der Waals surface area contributed by atoms with Crippen molar-refractivity contribution in [2.75, 3.05) is 18.4 Å². The van der Waals surface area contributed by atoms with Crippen LogP contribution in [0.15, 0.2) is 48.7 Å². The molecule has 0 atom stereocenters. The number of benzene rings is 2. The minimum absolute atomic E-state index is 0.0508. The average molecular weight is 418 g/mol.